The number of amides is 1. The molecule has 0 radical (unpaired) electrons. The van der Waals surface area contributed by atoms with Crippen LogP contribution in [0.15, 0.2) is 34.8 Å². The summed E-state index contributed by atoms with van der Waals surface area (Å²) in [6.45, 7) is 4.39. The second-order valence-electron chi connectivity index (χ2n) is 5.81. The fraction of sp³-hybridized carbons (Fsp3) is 0.300. The smallest absolute Gasteiger partial charge is 0.337 e. The van der Waals surface area contributed by atoms with Crippen molar-refractivity contribution < 1.29 is 23.8 Å². The molecule has 2 rings (SSSR count). The first kappa shape index (κ1) is 20.8. The van der Waals surface area contributed by atoms with E-state index >= 15 is 0 Å². The van der Waals surface area contributed by atoms with Gasteiger partial charge in [0.15, 0.2) is 11.5 Å². The average Bonchev–Trinajstić information content (AvgIpc) is 2.67. The normalized spacial score (nSPS) is 10.3. The van der Waals surface area contributed by atoms with E-state index in [1.165, 1.54) is 14.2 Å². The zero-order valence-corrected chi connectivity index (χ0v) is 17.3. The first-order valence-electron chi connectivity index (χ1n) is 8.41. The van der Waals surface area contributed by atoms with Crippen LogP contribution < -0.4 is 14.8 Å². The van der Waals surface area contributed by atoms with Crippen molar-refractivity contribution in [1.29, 1.82) is 0 Å². The maximum Gasteiger partial charge on any atom is 0.337 e. The second-order valence-corrected chi connectivity index (χ2v) is 6.67. The lowest BCUT2D eigenvalue weighted by molar-refractivity contribution is 0.0600. The van der Waals surface area contributed by atoms with Crippen LogP contribution in [0.1, 0.15) is 39.6 Å². The first-order chi connectivity index (χ1) is 12.9. The molecule has 2 aromatic rings. The molecule has 0 fully saturated rings. The van der Waals surface area contributed by atoms with E-state index < -0.39 is 5.97 Å². The molecular weight excluding hydrogens is 414 g/mol. The van der Waals surface area contributed by atoms with Crippen molar-refractivity contribution in [2.75, 3.05) is 26.1 Å². The summed E-state index contributed by atoms with van der Waals surface area (Å²) in [6.07, 6.45) is 0.855. The molecule has 2 aromatic carbocycles. The van der Waals surface area contributed by atoms with Crippen molar-refractivity contribution >= 4 is 33.5 Å². The molecule has 0 heterocycles. The fourth-order valence-corrected chi connectivity index (χ4v) is 2.95. The van der Waals surface area contributed by atoms with E-state index in [2.05, 4.69) is 21.2 Å². The van der Waals surface area contributed by atoms with E-state index in [0.29, 0.717) is 39.4 Å². The Morgan fingerprint density at radius 2 is 1.85 bits per heavy atom. The van der Waals surface area contributed by atoms with Gasteiger partial charge in [-0.25, -0.2) is 4.79 Å². The number of benzene rings is 2. The van der Waals surface area contributed by atoms with E-state index in [1.54, 1.807) is 30.3 Å². The molecule has 0 aliphatic carbocycles. The number of halogens is 1. The maximum absolute atomic E-state index is 12.7. The Labute approximate surface area is 166 Å². The number of esters is 1. The number of ether oxygens (including phenoxy) is 3. The minimum absolute atomic E-state index is 0.332. The molecule has 144 valence electrons. The lowest BCUT2D eigenvalue weighted by Crippen LogP contribution is -2.14. The van der Waals surface area contributed by atoms with Gasteiger partial charge in [0.25, 0.3) is 5.91 Å². The van der Waals surface area contributed by atoms with Gasteiger partial charge in [-0.2, -0.15) is 0 Å². The van der Waals surface area contributed by atoms with Gasteiger partial charge in [0.1, 0.15) is 0 Å². The monoisotopic (exact) mass is 435 g/mol. The van der Waals surface area contributed by atoms with Crippen LogP contribution in [-0.4, -0.2) is 32.7 Å². The number of carbonyl (C=O) groups excluding carboxylic acids is 2. The van der Waals surface area contributed by atoms with Crippen LogP contribution in [0.2, 0.25) is 0 Å². The predicted octanol–water partition coefficient (Wildman–Crippen LogP) is 4.59. The van der Waals surface area contributed by atoms with Gasteiger partial charge in [-0.05, 0) is 59.1 Å². The number of aryl methyl sites for hydroxylation is 1. The average molecular weight is 436 g/mol. The summed E-state index contributed by atoms with van der Waals surface area (Å²) in [5, 5.41) is 2.82. The van der Waals surface area contributed by atoms with Crippen LogP contribution in [0.5, 0.6) is 11.5 Å². The zero-order chi connectivity index (χ0) is 20.0. The highest BCUT2D eigenvalue weighted by molar-refractivity contribution is 9.10. The number of rotatable bonds is 7. The highest BCUT2D eigenvalue weighted by Gasteiger charge is 2.17. The summed E-state index contributed by atoms with van der Waals surface area (Å²) >= 11 is 3.43. The van der Waals surface area contributed by atoms with Gasteiger partial charge < -0.3 is 19.5 Å². The Balaban J connectivity index is 2.31. The van der Waals surface area contributed by atoms with E-state index in [4.69, 9.17) is 14.2 Å². The molecule has 0 aliphatic heterocycles. The van der Waals surface area contributed by atoms with E-state index in [-0.39, 0.29) is 5.91 Å². The van der Waals surface area contributed by atoms with Gasteiger partial charge in [-0.15, -0.1) is 0 Å². The number of hydrogen-bond donors (Lipinski definition) is 1. The second kappa shape index (κ2) is 9.41. The molecule has 0 atom stereocenters. The van der Waals surface area contributed by atoms with Gasteiger partial charge in [-0.1, -0.05) is 13.0 Å². The standard InChI is InChI=1S/C20H22BrNO5/c1-5-8-27-18-15(21)9-14(11-17(18)25-3)19(23)22-16-10-13(20(24)26-4)7-6-12(16)2/h6-7,9-11H,5,8H2,1-4H3,(H,22,23). The van der Waals surface area contributed by atoms with E-state index in [1.807, 2.05) is 13.8 Å². The van der Waals surface area contributed by atoms with Gasteiger partial charge in [0, 0.05) is 11.3 Å². The van der Waals surface area contributed by atoms with Crippen molar-refractivity contribution in [2.24, 2.45) is 0 Å². The highest BCUT2D eigenvalue weighted by Crippen LogP contribution is 2.37. The van der Waals surface area contributed by atoms with Crippen LogP contribution in [-0.2, 0) is 4.74 Å². The van der Waals surface area contributed by atoms with Crippen LogP contribution in [0.3, 0.4) is 0 Å². The molecule has 0 saturated carbocycles. The lowest BCUT2D eigenvalue weighted by Gasteiger charge is -2.15. The molecule has 0 unspecified atom stereocenters. The third kappa shape index (κ3) is 5.01. The zero-order valence-electron chi connectivity index (χ0n) is 15.7. The third-order valence-electron chi connectivity index (χ3n) is 3.85. The van der Waals surface area contributed by atoms with Crippen molar-refractivity contribution in [1.82, 2.24) is 0 Å². The highest BCUT2D eigenvalue weighted by atomic mass is 79.9. The molecule has 0 aromatic heterocycles. The summed E-state index contributed by atoms with van der Waals surface area (Å²) in [7, 11) is 2.83. The SMILES string of the molecule is CCCOc1c(Br)cc(C(=O)Nc2cc(C(=O)OC)ccc2C)cc1OC. The Morgan fingerprint density at radius 1 is 1.11 bits per heavy atom. The van der Waals surface area contributed by atoms with Gasteiger partial charge >= 0.3 is 5.97 Å². The van der Waals surface area contributed by atoms with Crippen LogP contribution >= 0.6 is 15.9 Å². The molecular formula is C20H22BrNO5. The summed E-state index contributed by atoms with van der Waals surface area (Å²) in [5.74, 6) is 0.219. The Kier molecular flexibility index (Phi) is 7.24. The van der Waals surface area contributed by atoms with E-state index in [9.17, 15) is 9.59 Å². The molecule has 6 nitrogen and oxygen atoms in total. The van der Waals surface area contributed by atoms with Gasteiger partial charge in [0.05, 0.1) is 30.9 Å². The molecule has 27 heavy (non-hydrogen) atoms. The quantitative estimate of drug-likeness (QED) is 0.643. The Hall–Kier alpha value is -2.54. The topological polar surface area (TPSA) is 73.9 Å². The molecule has 1 amide bonds. The van der Waals surface area contributed by atoms with Crippen LogP contribution in [0.25, 0.3) is 0 Å². The van der Waals surface area contributed by atoms with E-state index in [0.717, 1.165) is 12.0 Å². The number of methoxy groups -OCH3 is 2. The van der Waals surface area contributed by atoms with Crippen molar-refractivity contribution in [3.8, 4) is 11.5 Å². The first-order valence-corrected chi connectivity index (χ1v) is 9.21. The number of carbonyl (C=O) groups is 2. The molecule has 0 bridgehead atoms. The van der Waals surface area contributed by atoms with Crippen molar-refractivity contribution in [2.45, 2.75) is 20.3 Å². The maximum atomic E-state index is 12.7. The Morgan fingerprint density at radius 3 is 2.48 bits per heavy atom. The van der Waals surface area contributed by atoms with Crippen molar-refractivity contribution in [3.05, 3.63) is 51.5 Å². The molecule has 0 saturated heterocycles. The summed E-state index contributed by atoms with van der Waals surface area (Å²) in [6, 6.07) is 8.27. The number of nitrogens with one attached hydrogen (secondary N) is 1. The summed E-state index contributed by atoms with van der Waals surface area (Å²) in [4.78, 5) is 24.4. The Bertz CT molecular complexity index is 851. The minimum atomic E-state index is -0.465. The molecule has 0 spiro atoms. The van der Waals surface area contributed by atoms with Crippen LogP contribution in [0, 0.1) is 6.92 Å². The minimum Gasteiger partial charge on any atom is -0.493 e. The lowest BCUT2D eigenvalue weighted by atomic mass is 10.1. The third-order valence-corrected chi connectivity index (χ3v) is 4.44. The van der Waals surface area contributed by atoms with Gasteiger partial charge in [0.2, 0.25) is 0 Å². The molecule has 1 N–H and O–H groups in total. The summed E-state index contributed by atoms with van der Waals surface area (Å²) in [5.41, 5.74) is 2.11. The van der Waals surface area contributed by atoms with Crippen molar-refractivity contribution in [3.63, 3.8) is 0 Å². The largest absolute Gasteiger partial charge is 0.493 e. The molecule has 7 heteroatoms. The van der Waals surface area contributed by atoms with Gasteiger partial charge in [-0.3, -0.25) is 4.79 Å². The predicted molar refractivity (Wildman–Crippen MR) is 107 cm³/mol. The van der Waals surface area contributed by atoms with Crippen LogP contribution in [0.4, 0.5) is 5.69 Å². The fourth-order valence-electron chi connectivity index (χ4n) is 2.39. The number of anilines is 1. The number of hydrogen-bond acceptors (Lipinski definition) is 5. The summed E-state index contributed by atoms with van der Waals surface area (Å²) < 4.78 is 16.4. The molecule has 0 aliphatic rings.